The topological polar surface area (TPSA) is 125 Å². The summed E-state index contributed by atoms with van der Waals surface area (Å²) in [6, 6.07) is 1.65. The lowest BCUT2D eigenvalue weighted by molar-refractivity contribution is 0.156. The Labute approximate surface area is 111 Å². The number of H-pyrrole nitrogens is 1. The van der Waals surface area contributed by atoms with Crippen molar-refractivity contribution in [2.75, 3.05) is 7.11 Å². The molecule has 0 spiro atoms. The van der Waals surface area contributed by atoms with E-state index in [4.69, 9.17) is 13.8 Å². The first-order chi connectivity index (χ1) is 9.76. The van der Waals surface area contributed by atoms with Crippen LogP contribution in [0.4, 0.5) is 0 Å². The second-order valence-corrected chi connectivity index (χ2v) is 3.91. The van der Waals surface area contributed by atoms with Crippen LogP contribution in [0, 0.1) is 0 Å². The van der Waals surface area contributed by atoms with Crippen molar-refractivity contribution in [2.24, 2.45) is 0 Å². The summed E-state index contributed by atoms with van der Waals surface area (Å²) in [5.74, 6) is 1.10. The van der Waals surface area contributed by atoms with E-state index in [0.717, 1.165) is 0 Å². The minimum atomic E-state index is -0.353. The van der Waals surface area contributed by atoms with Gasteiger partial charge in [0.05, 0.1) is 0 Å². The third kappa shape index (κ3) is 2.36. The standard InChI is InChI=1S/C10H10N6O4/c1-18-4-6-2-7(14-19-6)9-12-8(20-15-9)3-16-5-11-13-10(16)17/h2,5H,3-4H2,1H3,(H,13,17). The van der Waals surface area contributed by atoms with Crippen LogP contribution in [0.5, 0.6) is 0 Å². The van der Waals surface area contributed by atoms with Gasteiger partial charge in [-0.05, 0) is 0 Å². The summed E-state index contributed by atoms with van der Waals surface area (Å²) in [6.07, 6.45) is 1.35. The monoisotopic (exact) mass is 278 g/mol. The highest BCUT2D eigenvalue weighted by Crippen LogP contribution is 2.16. The van der Waals surface area contributed by atoms with Crippen molar-refractivity contribution in [3.05, 3.63) is 34.5 Å². The highest BCUT2D eigenvalue weighted by atomic mass is 16.5. The van der Waals surface area contributed by atoms with Crippen molar-refractivity contribution in [1.82, 2.24) is 30.1 Å². The Morgan fingerprint density at radius 1 is 1.40 bits per heavy atom. The SMILES string of the molecule is COCc1cc(-c2noc(Cn3cn[nH]c3=O)n2)no1. The number of aromatic nitrogens is 6. The Bertz CT molecular complexity index is 753. The van der Waals surface area contributed by atoms with E-state index in [1.54, 1.807) is 13.2 Å². The molecule has 0 atom stereocenters. The van der Waals surface area contributed by atoms with Crippen molar-refractivity contribution in [3.63, 3.8) is 0 Å². The molecule has 0 unspecified atom stereocenters. The van der Waals surface area contributed by atoms with E-state index in [1.165, 1.54) is 10.9 Å². The van der Waals surface area contributed by atoms with Crippen LogP contribution < -0.4 is 5.69 Å². The van der Waals surface area contributed by atoms with Gasteiger partial charge in [-0.25, -0.2) is 9.89 Å². The van der Waals surface area contributed by atoms with Crippen molar-refractivity contribution < 1.29 is 13.8 Å². The molecule has 104 valence electrons. The maximum atomic E-state index is 11.3. The van der Waals surface area contributed by atoms with Crippen LogP contribution in [-0.2, 0) is 17.9 Å². The highest BCUT2D eigenvalue weighted by Gasteiger charge is 2.14. The van der Waals surface area contributed by atoms with E-state index in [9.17, 15) is 4.79 Å². The van der Waals surface area contributed by atoms with Gasteiger partial charge in [0.1, 0.15) is 19.5 Å². The minimum absolute atomic E-state index is 0.130. The van der Waals surface area contributed by atoms with Gasteiger partial charge < -0.3 is 13.8 Å². The van der Waals surface area contributed by atoms with Crippen LogP contribution >= 0.6 is 0 Å². The zero-order valence-corrected chi connectivity index (χ0v) is 10.4. The molecule has 0 aliphatic heterocycles. The summed E-state index contributed by atoms with van der Waals surface area (Å²) in [4.78, 5) is 15.4. The number of hydrogen-bond donors (Lipinski definition) is 1. The van der Waals surface area contributed by atoms with E-state index in [1.807, 2.05) is 0 Å². The Kier molecular flexibility index (Phi) is 3.13. The molecule has 3 aromatic heterocycles. The lowest BCUT2D eigenvalue weighted by Gasteiger charge is -1.91. The molecule has 0 aliphatic carbocycles. The number of ether oxygens (including phenoxy) is 1. The lowest BCUT2D eigenvalue weighted by atomic mass is 10.3. The first kappa shape index (κ1) is 12.3. The molecule has 0 aromatic carbocycles. The molecule has 0 fully saturated rings. The van der Waals surface area contributed by atoms with E-state index in [2.05, 4.69) is 25.5 Å². The molecule has 0 aliphatic rings. The Morgan fingerprint density at radius 2 is 2.30 bits per heavy atom. The van der Waals surface area contributed by atoms with Gasteiger partial charge in [0, 0.05) is 13.2 Å². The van der Waals surface area contributed by atoms with Gasteiger partial charge in [0.25, 0.3) is 0 Å². The molecule has 0 saturated carbocycles. The summed E-state index contributed by atoms with van der Waals surface area (Å²) >= 11 is 0. The van der Waals surface area contributed by atoms with E-state index >= 15 is 0 Å². The highest BCUT2D eigenvalue weighted by molar-refractivity contribution is 5.47. The Morgan fingerprint density at radius 3 is 3.05 bits per heavy atom. The third-order valence-electron chi connectivity index (χ3n) is 2.47. The maximum Gasteiger partial charge on any atom is 0.343 e. The third-order valence-corrected chi connectivity index (χ3v) is 2.47. The quantitative estimate of drug-likeness (QED) is 0.680. The number of hydrogen-bond acceptors (Lipinski definition) is 8. The first-order valence-electron chi connectivity index (χ1n) is 5.63. The van der Waals surface area contributed by atoms with Crippen molar-refractivity contribution in [2.45, 2.75) is 13.2 Å². The lowest BCUT2D eigenvalue weighted by Crippen LogP contribution is -2.16. The van der Waals surface area contributed by atoms with Crippen LogP contribution in [0.15, 0.2) is 26.2 Å². The molecule has 0 amide bonds. The fourth-order valence-electron chi connectivity index (χ4n) is 1.58. The normalized spacial score (nSPS) is 11.1. The van der Waals surface area contributed by atoms with E-state index in [-0.39, 0.29) is 23.9 Å². The molecule has 10 heteroatoms. The zero-order chi connectivity index (χ0) is 13.9. The van der Waals surface area contributed by atoms with Crippen LogP contribution in [0.25, 0.3) is 11.5 Å². The average molecular weight is 278 g/mol. The minimum Gasteiger partial charge on any atom is -0.377 e. The number of aromatic amines is 1. The summed E-state index contributed by atoms with van der Waals surface area (Å²) < 4.78 is 16.3. The predicted molar refractivity (Wildman–Crippen MR) is 62.5 cm³/mol. The summed E-state index contributed by atoms with van der Waals surface area (Å²) in [5.41, 5.74) is 0.0835. The molecule has 10 nitrogen and oxygen atoms in total. The summed E-state index contributed by atoms with van der Waals surface area (Å²) in [7, 11) is 1.55. The average Bonchev–Trinajstić information content (AvgIpc) is 3.13. The fourth-order valence-corrected chi connectivity index (χ4v) is 1.58. The predicted octanol–water partition coefficient (Wildman–Crippen LogP) is -0.196. The van der Waals surface area contributed by atoms with Crippen LogP contribution in [0.2, 0.25) is 0 Å². The number of nitrogens with one attached hydrogen (secondary N) is 1. The van der Waals surface area contributed by atoms with E-state index < -0.39 is 0 Å². The van der Waals surface area contributed by atoms with Crippen molar-refractivity contribution in [3.8, 4) is 11.5 Å². The zero-order valence-electron chi connectivity index (χ0n) is 10.4. The Balaban J connectivity index is 1.79. The van der Waals surface area contributed by atoms with Crippen LogP contribution in [0.1, 0.15) is 11.7 Å². The van der Waals surface area contributed by atoms with Crippen LogP contribution in [-0.4, -0.2) is 37.2 Å². The van der Waals surface area contributed by atoms with Gasteiger partial charge >= 0.3 is 5.69 Å². The second-order valence-electron chi connectivity index (χ2n) is 3.91. The van der Waals surface area contributed by atoms with Gasteiger partial charge in [-0.3, -0.25) is 4.57 Å². The summed E-state index contributed by atoms with van der Waals surface area (Å²) in [6.45, 7) is 0.438. The molecular weight excluding hydrogens is 268 g/mol. The van der Waals surface area contributed by atoms with Gasteiger partial charge in [-0.2, -0.15) is 10.1 Å². The Hall–Kier alpha value is -2.75. The van der Waals surface area contributed by atoms with Gasteiger partial charge in [-0.15, -0.1) is 0 Å². The molecule has 20 heavy (non-hydrogen) atoms. The van der Waals surface area contributed by atoms with E-state index in [0.29, 0.717) is 18.1 Å². The first-order valence-corrected chi connectivity index (χ1v) is 5.63. The smallest absolute Gasteiger partial charge is 0.343 e. The molecule has 0 saturated heterocycles. The summed E-state index contributed by atoms with van der Waals surface area (Å²) in [5, 5.41) is 13.5. The largest absolute Gasteiger partial charge is 0.377 e. The number of nitrogens with zero attached hydrogens (tertiary/aromatic N) is 5. The maximum absolute atomic E-state index is 11.3. The second kappa shape index (κ2) is 5.09. The van der Waals surface area contributed by atoms with Gasteiger partial charge in [0.15, 0.2) is 11.5 Å². The molecule has 0 bridgehead atoms. The number of methoxy groups -OCH3 is 1. The molecule has 0 radical (unpaired) electrons. The molecule has 3 heterocycles. The molecule has 1 N–H and O–H groups in total. The van der Waals surface area contributed by atoms with Gasteiger partial charge in [0.2, 0.25) is 11.7 Å². The molecular formula is C10H10N6O4. The fraction of sp³-hybridized carbons (Fsp3) is 0.300. The van der Waals surface area contributed by atoms with Gasteiger partial charge in [-0.1, -0.05) is 10.3 Å². The van der Waals surface area contributed by atoms with Crippen LogP contribution in [0.3, 0.4) is 0 Å². The molecule has 3 rings (SSSR count). The number of rotatable bonds is 5. The van der Waals surface area contributed by atoms with Crippen molar-refractivity contribution in [1.29, 1.82) is 0 Å². The van der Waals surface area contributed by atoms with Crippen molar-refractivity contribution >= 4 is 0 Å². The molecule has 3 aromatic rings.